The zero-order valence-corrected chi connectivity index (χ0v) is 46.2. The predicted molar refractivity (Wildman–Crippen MR) is 303 cm³/mol. The summed E-state index contributed by atoms with van der Waals surface area (Å²) in [7, 11) is 0. The topological polar surface area (TPSA) is 175 Å². The van der Waals surface area contributed by atoms with Gasteiger partial charge in [-0.15, -0.1) is 0 Å². The molecule has 0 aliphatic carbocycles. The van der Waals surface area contributed by atoms with Gasteiger partial charge in [-0.25, -0.2) is 4.79 Å². The van der Waals surface area contributed by atoms with Gasteiger partial charge in [0.15, 0.2) is 24.6 Å². The SMILES string of the molecule is CC/C=C\C/C=C\C/C=C\C/C=C\C/C=C\CC(=O)OC(COC(=O)CCCCCCCCC/C=C\C/C=C\CCCCC)COC1OC(C(=O)O)C(O)C(O)C1OC(=O)CCCCC/C=C\C/C=C\C/C=C\CC. The van der Waals surface area contributed by atoms with Gasteiger partial charge in [0.1, 0.15) is 18.8 Å². The minimum Gasteiger partial charge on any atom is -0.479 e. The molecule has 1 rings (SSSR count). The first kappa shape index (κ1) is 68.1. The molecule has 6 atom stereocenters. The number of ether oxygens (including phenoxy) is 5. The van der Waals surface area contributed by atoms with Crippen molar-refractivity contribution in [1.29, 1.82) is 0 Å². The van der Waals surface area contributed by atoms with Crippen molar-refractivity contribution >= 4 is 23.9 Å². The normalized spacial score (nSPS) is 19.1. The molecule has 0 aromatic carbocycles. The second-order valence-corrected chi connectivity index (χ2v) is 18.8. The number of allylic oxidation sites excluding steroid dienone is 19. The van der Waals surface area contributed by atoms with Gasteiger partial charge in [0, 0.05) is 12.8 Å². The third-order valence-electron chi connectivity index (χ3n) is 12.0. The molecule has 0 saturated carbocycles. The van der Waals surface area contributed by atoms with E-state index in [0.717, 1.165) is 109 Å². The minimum atomic E-state index is -1.93. The van der Waals surface area contributed by atoms with Crippen molar-refractivity contribution in [2.24, 2.45) is 0 Å². The van der Waals surface area contributed by atoms with E-state index in [1.807, 2.05) is 18.2 Å². The molecule has 1 saturated heterocycles. The van der Waals surface area contributed by atoms with Gasteiger partial charge >= 0.3 is 23.9 Å². The van der Waals surface area contributed by atoms with E-state index in [2.05, 4.69) is 118 Å². The van der Waals surface area contributed by atoms with Crippen molar-refractivity contribution in [2.75, 3.05) is 13.2 Å². The molecule has 75 heavy (non-hydrogen) atoms. The smallest absolute Gasteiger partial charge is 0.335 e. The van der Waals surface area contributed by atoms with E-state index in [-0.39, 0.29) is 25.9 Å². The Hall–Kier alpha value is -4.88. The number of carbonyl (C=O) groups is 4. The molecule has 0 aromatic heterocycles. The van der Waals surface area contributed by atoms with Crippen LogP contribution in [0.1, 0.15) is 201 Å². The molecule has 0 amide bonds. The molecule has 0 aromatic rings. The van der Waals surface area contributed by atoms with Crippen LogP contribution in [0.3, 0.4) is 0 Å². The monoisotopic (exact) mass is 1050 g/mol. The quantitative estimate of drug-likeness (QED) is 0.0228. The van der Waals surface area contributed by atoms with E-state index in [4.69, 9.17) is 23.7 Å². The number of aliphatic hydroxyl groups is 2. The van der Waals surface area contributed by atoms with Crippen LogP contribution in [0.15, 0.2) is 122 Å². The molecule has 1 aliphatic heterocycles. The lowest BCUT2D eigenvalue weighted by atomic mass is 9.98. The molecule has 422 valence electrons. The fourth-order valence-corrected chi connectivity index (χ4v) is 7.72. The lowest BCUT2D eigenvalue weighted by Crippen LogP contribution is -2.61. The largest absolute Gasteiger partial charge is 0.479 e. The molecule has 12 nitrogen and oxygen atoms in total. The average molecular weight is 1050 g/mol. The number of hydrogen-bond acceptors (Lipinski definition) is 11. The Labute approximate surface area is 452 Å². The van der Waals surface area contributed by atoms with E-state index in [1.54, 1.807) is 6.08 Å². The van der Waals surface area contributed by atoms with Crippen LogP contribution >= 0.6 is 0 Å². The van der Waals surface area contributed by atoms with Gasteiger partial charge in [0.05, 0.1) is 13.0 Å². The summed E-state index contributed by atoms with van der Waals surface area (Å²) >= 11 is 0. The summed E-state index contributed by atoms with van der Waals surface area (Å²) in [5, 5.41) is 31.4. The number of aliphatic carboxylic acids is 1. The van der Waals surface area contributed by atoms with Crippen LogP contribution in [-0.2, 0) is 42.9 Å². The Morgan fingerprint density at radius 2 is 0.880 bits per heavy atom. The molecular weight excluding hydrogens is 949 g/mol. The van der Waals surface area contributed by atoms with Crippen LogP contribution < -0.4 is 0 Å². The maximum atomic E-state index is 13.1. The van der Waals surface area contributed by atoms with Gasteiger partial charge < -0.3 is 39.0 Å². The van der Waals surface area contributed by atoms with Crippen LogP contribution in [-0.4, -0.2) is 89.2 Å². The lowest BCUT2D eigenvalue weighted by Gasteiger charge is -2.40. The highest BCUT2D eigenvalue weighted by molar-refractivity contribution is 5.74. The Morgan fingerprint density at radius 3 is 1.36 bits per heavy atom. The molecule has 3 N–H and O–H groups in total. The molecule has 0 bridgehead atoms. The molecule has 1 heterocycles. The fourth-order valence-electron chi connectivity index (χ4n) is 7.72. The zero-order chi connectivity index (χ0) is 54.7. The van der Waals surface area contributed by atoms with Crippen LogP contribution in [0.5, 0.6) is 0 Å². The second kappa shape index (κ2) is 50.0. The Balaban J connectivity index is 2.78. The van der Waals surface area contributed by atoms with Crippen LogP contribution in [0, 0.1) is 0 Å². The Kier molecular flexibility index (Phi) is 45.4. The molecule has 1 fully saturated rings. The molecule has 6 unspecified atom stereocenters. The van der Waals surface area contributed by atoms with Gasteiger partial charge in [-0.05, 0) is 109 Å². The minimum absolute atomic E-state index is 0.00763. The van der Waals surface area contributed by atoms with Gasteiger partial charge in [-0.1, -0.05) is 194 Å². The van der Waals surface area contributed by atoms with Crippen molar-refractivity contribution < 1.29 is 58.2 Å². The summed E-state index contributed by atoms with van der Waals surface area (Å²) < 4.78 is 28.2. The summed E-state index contributed by atoms with van der Waals surface area (Å²) in [6.45, 7) is 5.61. The summed E-state index contributed by atoms with van der Waals surface area (Å²) in [5.74, 6) is -3.36. The highest BCUT2D eigenvalue weighted by Gasteiger charge is 2.50. The van der Waals surface area contributed by atoms with Gasteiger partial charge in [-0.3, -0.25) is 14.4 Å². The van der Waals surface area contributed by atoms with Crippen molar-refractivity contribution in [2.45, 2.75) is 237 Å². The molecule has 1 aliphatic rings. The lowest BCUT2D eigenvalue weighted by molar-refractivity contribution is -0.301. The van der Waals surface area contributed by atoms with Gasteiger partial charge in [-0.2, -0.15) is 0 Å². The number of carboxylic acid groups (broad SMARTS) is 1. The summed E-state index contributed by atoms with van der Waals surface area (Å²) in [5.41, 5.74) is 0. The second-order valence-electron chi connectivity index (χ2n) is 18.8. The number of esters is 3. The highest BCUT2D eigenvalue weighted by atomic mass is 16.7. The first-order valence-electron chi connectivity index (χ1n) is 28.5. The maximum Gasteiger partial charge on any atom is 0.335 e. The van der Waals surface area contributed by atoms with Crippen LogP contribution in [0.25, 0.3) is 0 Å². The molecule has 0 spiro atoms. The highest BCUT2D eigenvalue weighted by Crippen LogP contribution is 2.26. The maximum absolute atomic E-state index is 13.1. The van der Waals surface area contributed by atoms with E-state index in [9.17, 15) is 34.5 Å². The van der Waals surface area contributed by atoms with Gasteiger partial charge in [0.2, 0.25) is 0 Å². The standard InChI is InChI=1S/C63H98O12/c1-4-7-10-13-16-19-22-25-27-28-30-32-34-37-40-43-46-49-55(64)71-52-54(73-56(65)50-47-44-41-38-36-33-29-26-23-20-17-14-11-8-5-2)53-72-63-61(59(68)58(67)60(75-63)62(69)70)74-57(66)51-48-45-42-39-35-31-24-21-18-15-12-9-6-3/h8-9,11-12,16-21,25-27,29,31,35-36,38,44,47,54,58-61,63,67-68H,4-7,10,13-15,22-24,28,30,32-34,37,39-43,45-46,48-53H2,1-3H3,(H,69,70)/b11-8-,12-9-,19-16-,20-17-,21-18-,27-25-,29-26-,35-31-,38-36-,47-44-. The molecular formula is C63H98O12. The Morgan fingerprint density at radius 1 is 0.467 bits per heavy atom. The molecule has 0 radical (unpaired) electrons. The summed E-state index contributed by atoms with van der Waals surface area (Å²) in [6.07, 6.45) is 56.3. The Bertz CT molecular complexity index is 1770. The zero-order valence-electron chi connectivity index (χ0n) is 46.2. The number of hydrogen-bond donors (Lipinski definition) is 3. The number of carboxylic acids is 1. The van der Waals surface area contributed by atoms with Crippen molar-refractivity contribution in [3.63, 3.8) is 0 Å². The number of aliphatic hydroxyl groups excluding tert-OH is 2. The van der Waals surface area contributed by atoms with Crippen LogP contribution in [0.4, 0.5) is 0 Å². The average Bonchev–Trinajstić information content (AvgIpc) is 3.39. The third-order valence-corrected chi connectivity index (χ3v) is 12.0. The van der Waals surface area contributed by atoms with E-state index >= 15 is 0 Å². The van der Waals surface area contributed by atoms with E-state index < -0.39 is 67.3 Å². The third kappa shape index (κ3) is 40.1. The van der Waals surface area contributed by atoms with Crippen molar-refractivity contribution in [3.05, 3.63) is 122 Å². The fraction of sp³-hybridized carbons (Fsp3) is 0.619. The van der Waals surface area contributed by atoms with E-state index in [1.165, 1.54) is 32.1 Å². The summed E-state index contributed by atoms with van der Waals surface area (Å²) in [4.78, 5) is 51.0. The molecule has 12 heteroatoms. The van der Waals surface area contributed by atoms with Crippen LogP contribution in [0.2, 0.25) is 0 Å². The van der Waals surface area contributed by atoms with E-state index in [0.29, 0.717) is 19.3 Å². The predicted octanol–water partition coefficient (Wildman–Crippen LogP) is 14.4. The number of carbonyl (C=O) groups excluding carboxylic acids is 3. The van der Waals surface area contributed by atoms with Crippen molar-refractivity contribution in [3.8, 4) is 0 Å². The number of rotatable bonds is 46. The summed E-state index contributed by atoms with van der Waals surface area (Å²) in [6, 6.07) is 0. The first-order chi connectivity index (χ1) is 36.6. The first-order valence-corrected chi connectivity index (χ1v) is 28.5. The van der Waals surface area contributed by atoms with Crippen molar-refractivity contribution in [1.82, 2.24) is 0 Å². The van der Waals surface area contributed by atoms with Gasteiger partial charge in [0.25, 0.3) is 0 Å². The number of unbranched alkanes of at least 4 members (excludes halogenated alkanes) is 13.